The molecule has 5 rings (SSSR count). The van der Waals surface area contributed by atoms with Gasteiger partial charge >= 0.3 is 0 Å². The summed E-state index contributed by atoms with van der Waals surface area (Å²) in [5.74, 6) is 0.698. The van der Waals surface area contributed by atoms with Crippen LogP contribution in [0.3, 0.4) is 0 Å². The number of fused-ring (bicyclic) bond motifs is 3. The molecule has 9 heteroatoms. The number of nitrogens with zero attached hydrogens (tertiary/aromatic N) is 7. The average molecular weight is 350 g/mol. The van der Waals surface area contributed by atoms with E-state index in [4.69, 9.17) is 9.72 Å². The zero-order chi connectivity index (χ0) is 17.5. The van der Waals surface area contributed by atoms with Crippen LogP contribution in [0.4, 0.5) is 5.82 Å². The van der Waals surface area contributed by atoms with Crippen LogP contribution in [-0.4, -0.2) is 47.5 Å². The van der Waals surface area contributed by atoms with Gasteiger partial charge in [-0.3, -0.25) is 4.68 Å². The van der Waals surface area contributed by atoms with Gasteiger partial charge in [-0.2, -0.15) is 9.61 Å². The van der Waals surface area contributed by atoms with Gasteiger partial charge in [0.2, 0.25) is 5.65 Å². The molecule has 2 atom stereocenters. The minimum absolute atomic E-state index is 0.0150. The summed E-state index contributed by atoms with van der Waals surface area (Å²) in [4.78, 5) is 4.74. The molecule has 3 aromatic heterocycles. The van der Waals surface area contributed by atoms with Crippen LogP contribution in [0.1, 0.15) is 24.6 Å². The van der Waals surface area contributed by atoms with Gasteiger partial charge in [0.05, 0.1) is 16.7 Å². The number of tetrazole rings is 1. The van der Waals surface area contributed by atoms with Crippen LogP contribution in [0.5, 0.6) is 0 Å². The van der Waals surface area contributed by atoms with Crippen LogP contribution in [0.25, 0.3) is 16.7 Å². The second-order valence-corrected chi connectivity index (χ2v) is 6.47. The minimum atomic E-state index is 0.0150. The van der Waals surface area contributed by atoms with E-state index in [2.05, 4.69) is 25.9 Å². The lowest BCUT2D eigenvalue weighted by atomic mass is 10.0. The van der Waals surface area contributed by atoms with Crippen LogP contribution in [0, 0.1) is 0 Å². The molecule has 26 heavy (non-hydrogen) atoms. The topological polar surface area (TPSA) is 95.1 Å². The fourth-order valence-electron chi connectivity index (χ4n) is 3.53. The number of para-hydroxylation sites is 2. The molecule has 1 N–H and O–H groups in total. The molecule has 0 amide bonds. The highest BCUT2D eigenvalue weighted by molar-refractivity contribution is 5.81. The number of aromatic nitrogens is 7. The monoisotopic (exact) mass is 350 g/mol. The first-order chi connectivity index (χ1) is 12.8. The number of anilines is 1. The van der Waals surface area contributed by atoms with Gasteiger partial charge in [-0.1, -0.05) is 12.1 Å². The normalized spacial score (nSPS) is 20.7. The number of nitrogens with one attached hydrogen (secondary N) is 1. The Morgan fingerprint density at radius 1 is 1.23 bits per heavy atom. The predicted octanol–water partition coefficient (Wildman–Crippen LogP) is 1.74. The summed E-state index contributed by atoms with van der Waals surface area (Å²) >= 11 is 0. The first kappa shape index (κ1) is 15.2. The van der Waals surface area contributed by atoms with Crippen LogP contribution >= 0.6 is 0 Å². The number of ether oxygens (including phenoxy) is 1. The van der Waals surface area contributed by atoms with E-state index < -0.39 is 0 Å². The molecule has 132 valence electrons. The number of rotatable bonds is 3. The third kappa shape index (κ3) is 2.48. The van der Waals surface area contributed by atoms with E-state index in [1.165, 1.54) is 0 Å². The highest BCUT2D eigenvalue weighted by Gasteiger charge is 2.27. The summed E-state index contributed by atoms with van der Waals surface area (Å²) < 4.78 is 9.53. The first-order valence-corrected chi connectivity index (χ1v) is 8.62. The molecule has 9 nitrogen and oxygen atoms in total. The fraction of sp³-hybridized carbons (Fsp3) is 0.353. The maximum atomic E-state index is 5.95. The summed E-state index contributed by atoms with van der Waals surface area (Å²) in [6, 6.07) is 10.1. The number of hydrogen-bond acceptors (Lipinski definition) is 7. The Labute approximate surface area is 149 Å². The van der Waals surface area contributed by atoms with Crippen molar-refractivity contribution >= 4 is 22.5 Å². The molecule has 1 fully saturated rings. The highest BCUT2D eigenvalue weighted by atomic mass is 16.5. The number of aryl methyl sites for hydroxylation is 1. The second-order valence-electron chi connectivity index (χ2n) is 6.47. The number of benzene rings is 1. The first-order valence-electron chi connectivity index (χ1n) is 8.62. The molecule has 1 aliphatic rings. The van der Waals surface area contributed by atoms with Crippen molar-refractivity contribution in [2.24, 2.45) is 7.05 Å². The van der Waals surface area contributed by atoms with E-state index in [1.807, 2.05) is 42.1 Å². The average Bonchev–Trinajstić information content (AvgIpc) is 3.31. The summed E-state index contributed by atoms with van der Waals surface area (Å²) in [5, 5.41) is 19.8. The Hall–Kier alpha value is -3.07. The maximum Gasteiger partial charge on any atom is 0.222 e. The van der Waals surface area contributed by atoms with Crippen molar-refractivity contribution in [2.75, 3.05) is 11.9 Å². The van der Waals surface area contributed by atoms with Crippen molar-refractivity contribution in [1.29, 1.82) is 0 Å². The molecule has 0 bridgehead atoms. The highest BCUT2D eigenvalue weighted by Crippen LogP contribution is 2.30. The molecule has 0 aliphatic carbocycles. The molecule has 0 spiro atoms. The molecular weight excluding hydrogens is 332 g/mol. The van der Waals surface area contributed by atoms with Crippen molar-refractivity contribution < 1.29 is 4.74 Å². The molecule has 0 saturated carbocycles. The van der Waals surface area contributed by atoms with Gasteiger partial charge in [0.25, 0.3) is 0 Å². The second kappa shape index (κ2) is 6.03. The van der Waals surface area contributed by atoms with Crippen molar-refractivity contribution in [1.82, 2.24) is 34.8 Å². The van der Waals surface area contributed by atoms with Crippen molar-refractivity contribution in [3.63, 3.8) is 0 Å². The SMILES string of the molecule is Cn1nccc1C1CC(Nc2nc3ccccc3n3nnnc23)CCO1. The van der Waals surface area contributed by atoms with Gasteiger partial charge in [-0.25, -0.2) is 4.98 Å². The smallest absolute Gasteiger partial charge is 0.222 e. The van der Waals surface area contributed by atoms with E-state index >= 15 is 0 Å². The molecule has 2 unspecified atom stereocenters. The van der Waals surface area contributed by atoms with Gasteiger partial charge < -0.3 is 10.1 Å². The van der Waals surface area contributed by atoms with Crippen LogP contribution in [-0.2, 0) is 11.8 Å². The molecule has 4 heterocycles. The lowest BCUT2D eigenvalue weighted by Gasteiger charge is -2.30. The van der Waals surface area contributed by atoms with Crippen molar-refractivity contribution in [2.45, 2.75) is 25.0 Å². The third-order valence-electron chi connectivity index (χ3n) is 4.84. The zero-order valence-corrected chi connectivity index (χ0v) is 14.3. The fourth-order valence-corrected chi connectivity index (χ4v) is 3.53. The van der Waals surface area contributed by atoms with E-state index in [1.54, 1.807) is 10.7 Å². The quantitative estimate of drug-likeness (QED) is 0.601. The van der Waals surface area contributed by atoms with E-state index in [0.29, 0.717) is 18.1 Å². The Morgan fingerprint density at radius 2 is 2.15 bits per heavy atom. The van der Waals surface area contributed by atoms with E-state index in [9.17, 15) is 0 Å². The molecular formula is C17H18N8O. The predicted molar refractivity (Wildman–Crippen MR) is 94.6 cm³/mol. The molecule has 1 aliphatic heterocycles. The lowest BCUT2D eigenvalue weighted by molar-refractivity contribution is 0.00500. The largest absolute Gasteiger partial charge is 0.372 e. The van der Waals surface area contributed by atoms with Gasteiger partial charge in [-0.05, 0) is 41.5 Å². The van der Waals surface area contributed by atoms with Crippen LogP contribution < -0.4 is 5.32 Å². The lowest BCUT2D eigenvalue weighted by Crippen LogP contribution is -2.31. The summed E-state index contributed by atoms with van der Waals surface area (Å²) in [6.45, 7) is 0.683. The minimum Gasteiger partial charge on any atom is -0.372 e. The molecule has 1 saturated heterocycles. The Bertz CT molecular complexity index is 1070. The zero-order valence-electron chi connectivity index (χ0n) is 14.3. The molecule has 4 aromatic rings. The maximum absolute atomic E-state index is 5.95. The standard InChI is InChI=1S/C17H18N8O/c1-24-14(6-8-18-24)15-10-11(7-9-26-15)19-16-17-21-22-23-25(17)13-5-3-2-4-12(13)20-16/h2-6,8,11,15H,7,9-10H2,1H3,(H,19,20). The van der Waals surface area contributed by atoms with Crippen LogP contribution in [0.2, 0.25) is 0 Å². The van der Waals surface area contributed by atoms with Gasteiger partial charge in [-0.15, -0.1) is 5.10 Å². The molecule has 0 radical (unpaired) electrons. The van der Waals surface area contributed by atoms with Crippen molar-refractivity contribution in [3.05, 3.63) is 42.2 Å². The molecule has 1 aromatic carbocycles. The van der Waals surface area contributed by atoms with Gasteiger partial charge in [0.15, 0.2) is 5.82 Å². The van der Waals surface area contributed by atoms with Gasteiger partial charge in [0, 0.05) is 25.9 Å². The Balaban J connectivity index is 1.47. The Morgan fingerprint density at radius 3 is 3.04 bits per heavy atom. The van der Waals surface area contributed by atoms with Crippen molar-refractivity contribution in [3.8, 4) is 0 Å². The summed E-state index contributed by atoms with van der Waals surface area (Å²) in [6.07, 6.45) is 3.55. The van der Waals surface area contributed by atoms with Crippen LogP contribution in [0.15, 0.2) is 36.5 Å². The summed E-state index contributed by atoms with van der Waals surface area (Å²) in [5.41, 5.74) is 3.45. The van der Waals surface area contributed by atoms with Gasteiger partial charge in [0.1, 0.15) is 6.10 Å². The van der Waals surface area contributed by atoms with E-state index in [-0.39, 0.29) is 12.1 Å². The number of hydrogen-bond donors (Lipinski definition) is 1. The third-order valence-corrected chi connectivity index (χ3v) is 4.84. The van der Waals surface area contributed by atoms with E-state index in [0.717, 1.165) is 29.6 Å². The Kier molecular flexibility index (Phi) is 3.52. The summed E-state index contributed by atoms with van der Waals surface area (Å²) in [7, 11) is 1.94.